The molecular formula is C47H44F4N12O5. The minimum absolute atomic E-state index is 0.0277. The number of anilines is 2. The van der Waals surface area contributed by atoms with Crippen molar-refractivity contribution in [2.24, 2.45) is 5.41 Å². The third-order valence-corrected chi connectivity index (χ3v) is 12.0. The number of likely N-dealkylation sites (tertiary alicyclic amines) is 1. The Labute approximate surface area is 385 Å². The molecule has 7 aromatic rings. The lowest BCUT2D eigenvalue weighted by molar-refractivity contribution is -0.274. The topological polar surface area (TPSA) is 201 Å². The van der Waals surface area contributed by atoms with Gasteiger partial charge in [-0.2, -0.15) is 10.2 Å². The molecule has 1 fully saturated rings. The first-order valence-electron chi connectivity index (χ1n) is 21.7. The number of nitriles is 1. The molecule has 2 aliphatic heterocycles. The summed E-state index contributed by atoms with van der Waals surface area (Å²) in [4.78, 5) is 64.6. The standard InChI is InChI=1S/C47H44F4N12O5/c1-46(2,3)26-59-18-14-30(15-19-59)63-41-39(38(42(64)58-67)56-44(57-41)55-29-8-11-32(12-9-29)68-47(49,50)51)62(45(63)66)31-10-13-36(54-23-31)43(65)60-20-16-33-34-5-4-17-53-40(34)61(37(33)25-60)24-28-7-6-27(22-52)21-35(28)48/h4-13,17,21,23,30,67H,14-16,18-20,24-26H2,1-3H3,(H,58,64)(H,55,56,57). The van der Waals surface area contributed by atoms with Gasteiger partial charge in [0, 0.05) is 60.7 Å². The Morgan fingerprint density at radius 2 is 1.74 bits per heavy atom. The quantitative estimate of drug-likeness (QED) is 0.0720. The first kappa shape index (κ1) is 45.5. The SMILES string of the molecule is CC(C)(C)CN1CCC(n2c(=O)n(-c3ccc(C(=O)N4CCc5c(n(Cc6ccc(C#N)cc6F)c6ncccc56)C4)nc3)c3c(C(=O)NO)nc(Nc4ccc(OC(F)(F)F)cc4)nc32)CC1. The molecule has 0 saturated carbocycles. The molecule has 0 aliphatic carbocycles. The number of hydrogen-bond acceptors (Lipinski definition) is 12. The second-order valence-corrected chi connectivity index (χ2v) is 17.9. The number of nitrogens with one attached hydrogen (secondary N) is 2. The van der Waals surface area contributed by atoms with Crippen LogP contribution in [0.2, 0.25) is 0 Å². The molecule has 0 radical (unpaired) electrons. The Bertz CT molecular complexity index is 3180. The highest BCUT2D eigenvalue weighted by molar-refractivity contribution is 6.03. The highest BCUT2D eigenvalue weighted by atomic mass is 19.4. The fourth-order valence-corrected chi connectivity index (χ4v) is 9.15. The van der Waals surface area contributed by atoms with Crippen molar-refractivity contribution >= 4 is 45.6 Å². The Kier molecular flexibility index (Phi) is 11.9. The van der Waals surface area contributed by atoms with Gasteiger partial charge in [0.15, 0.2) is 11.3 Å². The van der Waals surface area contributed by atoms with Crippen LogP contribution in [-0.2, 0) is 19.5 Å². The number of piperidine rings is 1. The van der Waals surface area contributed by atoms with Gasteiger partial charge in [-0.05, 0) is 90.9 Å². The minimum atomic E-state index is -4.90. The van der Waals surface area contributed by atoms with Crippen LogP contribution in [0.15, 0.2) is 83.9 Å². The molecule has 68 heavy (non-hydrogen) atoms. The number of benzene rings is 2. The van der Waals surface area contributed by atoms with E-state index in [1.807, 2.05) is 22.8 Å². The van der Waals surface area contributed by atoms with Gasteiger partial charge >= 0.3 is 12.1 Å². The summed E-state index contributed by atoms with van der Waals surface area (Å²) in [6.07, 6.45) is -0.351. The molecule has 0 atom stereocenters. The van der Waals surface area contributed by atoms with Gasteiger partial charge in [-0.1, -0.05) is 26.8 Å². The van der Waals surface area contributed by atoms with Gasteiger partial charge in [-0.15, -0.1) is 13.2 Å². The van der Waals surface area contributed by atoms with Gasteiger partial charge in [0.2, 0.25) is 5.95 Å². The molecule has 3 N–H and O–H groups in total. The van der Waals surface area contributed by atoms with Crippen molar-refractivity contribution in [3.8, 4) is 17.5 Å². The number of carbonyl (C=O) groups excluding carboxylic acids is 2. The molecule has 0 spiro atoms. The Hall–Kier alpha value is -7.70. The van der Waals surface area contributed by atoms with E-state index in [9.17, 15) is 38.0 Å². The van der Waals surface area contributed by atoms with E-state index in [0.717, 1.165) is 35.3 Å². The van der Waals surface area contributed by atoms with E-state index in [0.29, 0.717) is 50.1 Å². The number of pyridine rings is 2. The number of hydrogen-bond donors (Lipinski definition) is 3. The number of rotatable bonds is 10. The van der Waals surface area contributed by atoms with Crippen LogP contribution in [0.4, 0.5) is 29.2 Å². The molecule has 7 heterocycles. The van der Waals surface area contributed by atoms with Crippen molar-refractivity contribution in [3.05, 3.63) is 129 Å². The lowest BCUT2D eigenvalue weighted by atomic mass is 9.94. The largest absolute Gasteiger partial charge is 0.573 e. The van der Waals surface area contributed by atoms with Crippen LogP contribution >= 0.6 is 0 Å². The number of amides is 2. The van der Waals surface area contributed by atoms with Crippen molar-refractivity contribution in [2.75, 3.05) is 31.5 Å². The summed E-state index contributed by atoms with van der Waals surface area (Å²) in [6.45, 7) is 9.19. The van der Waals surface area contributed by atoms with Crippen LogP contribution in [0, 0.1) is 22.6 Å². The van der Waals surface area contributed by atoms with Crippen LogP contribution in [0.25, 0.3) is 27.9 Å². The molecule has 2 amide bonds. The maximum atomic E-state index is 15.2. The zero-order valence-electron chi connectivity index (χ0n) is 37.0. The molecule has 2 aliphatic rings. The zero-order valence-corrected chi connectivity index (χ0v) is 37.0. The zero-order chi connectivity index (χ0) is 48.1. The highest BCUT2D eigenvalue weighted by Gasteiger charge is 2.34. The number of nitrogens with zero attached hydrogens (tertiary/aromatic N) is 10. The summed E-state index contributed by atoms with van der Waals surface area (Å²) in [5.74, 6) is -2.69. The Morgan fingerprint density at radius 1 is 0.971 bits per heavy atom. The fourth-order valence-electron chi connectivity index (χ4n) is 9.15. The molecule has 0 unspecified atom stereocenters. The van der Waals surface area contributed by atoms with Gasteiger partial charge in [-0.3, -0.25) is 23.9 Å². The van der Waals surface area contributed by atoms with E-state index < -0.39 is 47.2 Å². The van der Waals surface area contributed by atoms with E-state index in [-0.39, 0.29) is 58.2 Å². The summed E-state index contributed by atoms with van der Waals surface area (Å²) in [5, 5.41) is 23.0. The number of alkyl halides is 3. The first-order chi connectivity index (χ1) is 32.5. The molecule has 5 aromatic heterocycles. The van der Waals surface area contributed by atoms with Crippen molar-refractivity contribution < 1.29 is 37.1 Å². The number of halogens is 4. The maximum Gasteiger partial charge on any atom is 0.573 e. The predicted octanol–water partition coefficient (Wildman–Crippen LogP) is 7.03. The van der Waals surface area contributed by atoms with Crippen LogP contribution in [0.5, 0.6) is 5.75 Å². The second kappa shape index (κ2) is 17.8. The third kappa shape index (κ3) is 9.07. The number of aromatic nitrogens is 7. The highest BCUT2D eigenvalue weighted by Crippen LogP contribution is 2.34. The smallest absolute Gasteiger partial charge is 0.406 e. The minimum Gasteiger partial charge on any atom is -0.406 e. The first-order valence-corrected chi connectivity index (χ1v) is 21.7. The van der Waals surface area contributed by atoms with Crippen molar-refractivity contribution in [1.82, 2.24) is 48.9 Å². The maximum absolute atomic E-state index is 15.2. The molecule has 21 heteroatoms. The molecule has 1 saturated heterocycles. The van der Waals surface area contributed by atoms with Gasteiger partial charge in [0.1, 0.15) is 28.4 Å². The average molecular weight is 933 g/mol. The number of hydroxylamine groups is 1. The molecule has 17 nitrogen and oxygen atoms in total. The van der Waals surface area contributed by atoms with Crippen LogP contribution < -0.4 is 21.2 Å². The molecular weight excluding hydrogens is 889 g/mol. The van der Waals surface area contributed by atoms with Gasteiger partial charge in [0.05, 0.1) is 36.6 Å². The summed E-state index contributed by atoms with van der Waals surface area (Å²) in [6, 6.07) is 17.3. The van der Waals surface area contributed by atoms with E-state index in [4.69, 9.17) is 0 Å². The van der Waals surface area contributed by atoms with Gasteiger partial charge in [0.25, 0.3) is 11.8 Å². The molecule has 350 valence electrons. The lowest BCUT2D eigenvalue weighted by Gasteiger charge is -2.36. The summed E-state index contributed by atoms with van der Waals surface area (Å²) < 4.78 is 62.3. The number of imidazole rings is 1. The summed E-state index contributed by atoms with van der Waals surface area (Å²) in [5.41, 5.74) is 3.98. The Balaban J connectivity index is 1.06. The Morgan fingerprint density at radius 3 is 2.40 bits per heavy atom. The molecule has 0 bridgehead atoms. The monoisotopic (exact) mass is 932 g/mol. The molecule has 2 aromatic carbocycles. The van der Waals surface area contributed by atoms with Crippen LogP contribution in [0.1, 0.15) is 83.0 Å². The lowest BCUT2D eigenvalue weighted by Crippen LogP contribution is -2.41. The van der Waals surface area contributed by atoms with Crippen molar-refractivity contribution in [2.45, 2.75) is 65.5 Å². The van der Waals surface area contributed by atoms with Crippen molar-refractivity contribution in [1.29, 1.82) is 5.26 Å². The van der Waals surface area contributed by atoms with E-state index in [2.05, 4.69) is 55.7 Å². The second-order valence-electron chi connectivity index (χ2n) is 17.9. The van der Waals surface area contributed by atoms with Gasteiger partial charge < -0.3 is 24.4 Å². The number of carbonyl (C=O) groups is 2. The number of fused-ring (bicyclic) bond motifs is 4. The average Bonchev–Trinajstić information content (AvgIpc) is 3.78. The van der Waals surface area contributed by atoms with E-state index in [1.165, 1.54) is 45.7 Å². The number of ether oxygens (including phenoxy) is 1. The molecule has 9 rings (SSSR count). The van der Waals surface area contributed by atoms with Gasteiger partial charge in [-0.25, -0.2) is 29.6 Å². The van der Waals surface area contributed by atoms with Crippen molar-refractivity contribution in [3.63, 3.8) is 0 Å². The predicted molar refractivity (Wildman–Crippen MR) is 239 cm³/mol. The third-order valence-electron chi connectivity index (χ3n) is 12.0. The van der Waals surface area contributed by atoms with Crippen LogP contribution in [0.3, 0.4) is 0 Å². The normalized spacial score (nSPS) is 14.8. The summed E-state index contributed by atoms with van der Waals surface area (Å²) >= 11 is 0. The van der Waals surface area contributed by atoms with Crippen LogP contribution in [-0.4, -0.2) is 93.0 Å². The van der Waals surface area contributed by atoms with E-state index >= 15 is 4.39 Å². The fraction of sp³-hybridized carbons (Fsp3) is 0.319. The summed E-state index contributed by atoms with van der Waals surface area (Å²) in [7, 11) is 0. The van der Waals surface area contributed by atoms with E-state index in [1.54, 1.807) is 28.7 Å².